The fourth-order valence-electron chi connectivity index (χ4n) is 2.72. The highest BCUT2D eigenvalue weighted by Gasteiger charge is 2.23. The summed E-state index contributed by atoms with van der Waals surface area (Å²) in [6.07, 6.45) is 3.06. The molecule has 21 heavy (non-hydrogen) atoms. The molecule has 6 heteroatoms. The molecule has 0 bridgehead atoms. The average Bonchev–Trinajstić information content (AvgIpc) is 2.99. The van der Waals surface area contributed by atoms with Gasteiger partial charge >= 0.3 is 0 Å². The van der Waals surface area contributed by atoms with Crippen LogP contribution in [0.1, 0.15) is 6.42 Å². The topological polar surface area (TPSA) is 56.3 Å². The summed E-state index contributed by atoms with van der Waals surface area (Å²) in [6, 6.07) is 5.76. The Hall–Kier alpha value is -1.53. The van der Waals surface area contributed by atoms with Crippen molar-refractivity contribution in [3.05, 3.63) is 28.9 Å². The molecule has 0 radical (unpaired) electrons. The number of nitrogen functional groups attached to an aromatic ring is 1. The minimum Gasteiger partial charge on any atom is -0.488 e. The summed E-state index contributed by atoms with van der Waals surface area (Å²) in [6.45, 7) is 2.03. The van der Waals surface area contributed by atoms with E-state index in [1.807, 2.05) is 29.9 Å². The first-order chi connectivity index (χ1) is 10.0. The van der Waals surface area contributed by atoms with Crippen LogP contribution in [0.4, 0.5) is 5.69 Å². The molecule has 2 heterocycles. The Bertz CT molecular complexity index is 636. The van der Waals surface area contributed by atoms with Gasteiger partial charge in [0.05, 0.1) is 16.4 Å². The zero-order valence-electron chi connectivity index (χ0n) is 12.2. The van der Waals surface area contributed by atoms with Crippen molar-refractivity contribution in [1.29, 1.82) is 0 Å². The van der Waals surface area contributed by atoms with Gasteiger partial charge in [-0.1, -0.05) is 0 Å². The Labute approximate surface area is 132 Å². The van der Waals surface area contributed by atoms with Gasteiger partial charge in [0.15, 0.2) is 0 Å². The molecule has 1 unspecified atom stereocenters. The lowest BCUT2D eigenvalue weighted by molar-refractivity contribution is 0.209. The number of halogens is 1. The number of aromatic nitrogens is 2. The first kappa shape index (κ1) is 14.4. The van der Waals surface area contributed by atoms with E-state index >= 15 is 0 Å². The van der Waals surface area contributed by atoms with E-state index in [1.165, 1.54) is 0 Å². The minimum absolute atomic E-state index is 0.226. The van der Waals surface area contributed by atoms with Gasteiger partial charge in [0.2, 0.25) is 0 Å². The van der Waals surface area contributed by atoms with Crippen LogP contribution in [0.25, 0.3) is 11.3 Å². The summed E-state index contributed by atoms with van der Waals surface area (Å²) in [5.41, 5.74) is 8.62. The lowest BCUT2D eigenvalue weighted by Gasteiger charge is -2.18. The number of hydrogen-bond acceptors (Lipinski definition) is 4. The maximum absolute atomic E-state index is 6.21. The van der Waals surface area contributed by atoms with E-state index in [0.29, 0.717) is 5.69 Å². The summed E-state index contributed by atoms with van der Waals surface area (Å²) < 4.78 is 8.97. The van der Waals surface area contributed by atoms with E-state index in [9.17, 15) is 0 Å². The van der Waals surface area contributed by atoms with E-state index in [1.54, 1.807) is 6.20 Å². The van der Waals surface area contributed by atoms with Crippen LogP contribution in [0.15, 0.2) is 28.9 Å². The molecule has 1 saturated heterocycles. The van der Waals surface area contributed by atoms with Gasteiger partial charge in [0, 0.05) is 31.4 Å². The fraction of sp³-hybridized carbons (Fsp3) is 0.400. The van der Waals surface area contributed by atoms with Crippen LogP contribution in [0.2, 0.25) is 0 Å². The highest BCUT2D eigenvalue weighted by molar-refractivity contribution is 9.10. The molecule has 1 aromatic heterocycles. The molecule has 112 valence electrons. The van der Waals surface area contributed by atoms with Gasteiger partial charge < -0.3 is 15.4 Å². The molecular formula is C15H19BrN4O. The van der Waals surface area contributed by atoms with Crippen molar-refractivity contribution in [2.75, 3.05) is 25.9 Å². The Balaban J connectivity index is 1.97. The lowest BCUT2D eigenvalue weighted by atomic mass is 10.1. The predicted molar refractivity (Wildman–Crippen MR) is 87.3 cm³/mol. The van der Waals surface area contributed by atoms with E-state index in [4.69, 9.17) is 10.5 Å². The summed E-state index contributed by atoms with van der Waals surface area (Å²) in [5.74, 6) is 0.855. The summed E-state index contributed by atoms with van der Waals surface area (Å²) in [4.78, 5) is 2.28. The third kappa shape index (κ3) is 2.91. The Morgan fingerprint density at radius 1 is 1.38 bits per heavy atom. The Kier molecular flexibility index (Phi) is 3.91. The molecule has 0 spiro atoms. The molecule has 1 aliphatic heterocycles. The molecule has 0 amide bonds. The fourth-order valence-corrected chi connectivity index (χ4v) is 3.28. The molecule has 3 rings (SSSR count). The van der Waals surface area contributed by atoms with E-state index in [2.05, 4.69) is 33.0 Å². The molecule has 0 saturated carbocycles. The standard InChI is InChI=1S/C15H19BrN4O/c1-19-6-5-11(9-19)21-14-4-3-10(17)7-12(14)15-13(16)8-18-20(15)2/h3-4,7-8,11H,5-6,9,17H2,1-2H3. The van der Waals surface area contributed by atoms with Crippen LogP contribution in [0, 0.1) is 0 Å². The molecule has 1 fully saturated rings. The van der Waals surface area contributed by atoms with E-state index in [-0.39, 0.29) is 6.10 Å². The SMILES string of the molecule is CN1CCC(Oc2ccc(N)cc2-c2c(Br)cnn2C)C1. The number of nitrogens with zero attached hydrogens (tertiary/aromatic N) is 3. The van der Waals surface area contributed by atoms with Gasteiger partial charge in [-0.3, -0.25) is 4.68 Å². The number of ether oxygens (including phenoxy) is 1. The van der Waals surface area contributed by atoms with Crippen molar-refractivity contribution in [3.8, 4) is 17.0 Å². The third-order valence-electron chi connectivity index (χ3n) is 3.79. The normalized spacial score (nSPS) is 19.1. The van der Waals surface area contributed by atoms with Crippen molar-refractivity contribution < 1.29 is 4.74 Å². The van der Waals surface area contributed by atoms with Crippen molar-refractivity contribution in [2.24, 2.45) is 7.05 Å². The van der Waals surface area contributed by atoms with Gasteiger partial charge in [0.1, 0.15) is 11.9 Å². The van der Waals surface area contributed by atoms with Crippen LogP contribution in [0.3, 0.4) is 0 Å². The zero-order chi connectivity index (χ0) is 15.0. The number of hydrogen-bond donors (Lipinski definition) is 1. The Morgan fingerprint density at radius 2 is 2.19 bits per heavy atom. The van der Waals surface area contributed by atoms with Gasteiger partial charge in [-0.25, -0.2) is 0 Å². The predicted octanol–water partition coefficient (Wildman–Crippen LogP) is 2.51. The summed E-state index contributed by atoms with van der Waals surface area (Å²) in [7, 11) is 4.03. The number of nitrogens with two attached hydrogens (primary N) is 1. The molecule has 2 aromatic rings. The smallest absolute Gasteiger partial charge is 0.129 e. The second-order valence-corrected chi connectivity index (χ2v) is 6.37. The van der Waals surface area contributed by atoms with Crippen LogP contribution >= 0.6 is 15.9 Å². The highest BCUT2D eigenvalue weighted by atomic mass is 79.9. The number of benzene rings is 1. The second-order valence-electron chi connectivity index (χ2n) is 5.51. The quantitative estimate of drug-likeness (QED) is 0.864. The number of anilines is 1. The van der Waals surface area contributed by atoms with Gasteiger partial charge in [0.25, 0.3) is 0 Å². The molecule has 5 nitrogen and oxygen atoms in total. The van der Waals surface area contributed by atoms with Crippen LogP contribution < -0.4 is 10.5 Å². The Morgan fingerprint density at radius 3 is 2.81 bits per heavy atom. The maximum Gasteiger partial charge on any atom is 0.129 e. The first-order valence-electron chi connectivity index (χ1n) is 6.97. The van der Waals surface area contributed by atoms with Gasteiger partial charge in [-0.05, 0) is 47.6 Å². The lowest BCUT2D eigenvalue weighted by Crippen LogP contribution is -2.21. The van der Waals surface area contributed by atoms with Crippen molar-refractivity contribution in [1.82, 2.24) is 14.7 Å². The summed E-state index contributed by atoms with van der Waals surface area (Å²) in [5, 5.41) is 4.27. The first-order valence-corrected chi connectivity index (χ1v) is 7.76. The minimum atomic E-state index is 0.226. The number of likely N-dealkylation sites (N-methyl/N-ethyl adjacent to an activating group) is 1. The second kappa shape index (κ2) is 5.69. The number of rotatable bonds is 3. The number of likely N-dealkylation sites (tertiary alicyclic amines) is 1. The van der Waals surface area contributed by atoms with Crippen molar-refractivity contribution in [2.45, 2.75) is 12.5 Å². The van der Waals surface area contributed by atoms with Gasteiger partial charge in [-0.15, -0.1) is 0 Å². The molecule has 2 N–H and O–H groups in total. The summed E-state index contributed by atoms with van der Waals surface area (Å²) >= 11 is 3.55. The molecule has 0 aliphatic carbocycles. The zero-order valence-corrected chi connectivity index (χ0v) is 13.8. The average molecular weight is 351 g/mol. The van der Waals surface area contributed by atoms with Crippen LogP contribution in [0.5, 0.6) is 5.75 Å². The molecule has 1 atom stereocenters. The monoisotopic (exact) mass is 350 g/mol. The highest BCUT2D eigenvalue weighted by Crippen LogP contribution is 2.37. The van der Waals surface area contributed by atoms with Gasteiger partial charge in [-0.2, -0.15) is 5.10 Å². The van der Waals surface area contributed by atoms with E-state index < -0.39 is 0 Å². The largest absolute Gasteiger partial charge is 0.488 e. The molecule has 1 aromatic carbocycles. The molecular weight excluding hydrogens is 332 g/mol. The van der Waals surface area contributed by atoms with Crippen molar-refractivity contribution in [3.63, 3.8) is 0 Å². The third-order valence-corrected chi connectivity index (χ3v) is 4.37. The molecule has 1 aliphatic rings. The van der Waals surface area contributed by atoms with E-state index in [0.717, 1.165) is 41.0 Å². The maximum atomic E-state index is 6.21. The van der Waals surface area contributed by atoms with Crippen LogP contribution in [-0.2, 0) is 7.05 Å². The van der Waals surface area contributed by atoms with Crippen LogP contribution in [-0.4, -0.2) is 40.9 Å². The van der Waals surface area contributed by atoms with Crippen molar-refractivity contribution >= 4 is 21.6 Å². The number of aryl methyl sites for hydroxylation is 1.